The molecule has 1 aromatic carbocycles. The molecule has 1 atom stereocenters. The van der Waals surface area contributed by atoms with Gasteiger partial charge < -0.3 is 5.32 Å². The zero-order valence-corrected chi connectivity index (χ0v) is 13.7. The third-order valence-electron chi connectivity index (χ3n) is 3.54. The number of fused-ring (bicyclic) bond motifs is 1. The molecule has 0 radical (unpaired) electrons. The fraction of sp³-hybridized carbons (Fsp3) is 0.400. The fourth-order valence-electron chi connectivity index (χ4n) is 2.58. The van der Waals surface area contributed by atoms with Gasteiger partial charge in [-0.15, -0.1) is 11.3 Å². The maximum Gasteiger partial charge on any atom is 0.137 e. The molecule has 1 aromatic heterocycles. The van der Waals surface area contributed by atoms with Crippen molar-refractivity contribution < 1.29 is 4.39 Å². The maximum absolute atomic E-state index is 13.8. The first-order valence-electron chi connectivity index (χ1n) is 6.86. The minimum absolute atomic E-state index is 0.0156. The van der Waals surface area contributed by atoms with E-state index in [0.29, 0.717) is 4.47 Å². The molecule has 5 heteroatoms. The molecule has 3 rings (SSSR count). The van der Waals surface area contributed by atoms with Crippen LogP contribution in [-0.2, 0) is 12.8 Å². The predicted molar refractivity (Wildman–Crippen MR) is 83.8 cm³/mol. The van der Waals surface area contributed by atoms with Crippen molar-refractivity contribution in [3.63, 3.8) is 0 Å². The van der Waals surface area contributed by atoms with Gasteiger partial charge in [-0.25, -0.2) is 9.37 Å². The lowest BCUT2D eigenvalue weighted by atomic mass is 10.1. The Hall–Kier alpha value is -0.780. The zero-order valence-electron chi connectivity index (χ0n) is 11.2. The average molecular weight is 355 g/mol. The van der Waals surface area contributed by atoms with Crippen molar-refractivity contribution >= 4 is 27.3 Å². The Balaban J connectivity index is 1.96. The van der Waals surface area contributed by atoms with Crippen LogP contribution in [0.3, 0.4) is 0 Å². The van der Waals surface area contributed by atoms with Crippen molar-refractivity contribution in [2.75, 3.05) is 6.54 Å². The van der Waals surface area contributed by atoms with E-state index in [1.165, 1.54) is 17.0 Å². The summed E-state index contributed by atoms with van der Waals surface area (Å²) in [5, 5.41) is 4.47. The van der Waals surface area contributed by atoms with Crippen molar-refractivity contribution in [1.82, 2.24) is 10.3 Å². The van der Waals surface area contributed by atoms with E-state index in [0.717, 1.165) is 30.0 Å². The van der Waals surface area contributed by atoms with Crippen LogP contribution in [0, 0.1) is 5.82 Å². The van der Waals surface area contributed by atoms with Gasteiger partial charge in [0.15, 0.2) is 0 Å². The molecule has 1 aliphatic rings. The largest absolute Gasteiger partial charge is 0.305 e. The van der Waals surface area contributed by atoms with Crippen LogP contribution in [0.2, 0.25) is 0 Å². The summed E-state index contributed by atoms with van der Waals surface area (Å²) >= 11 is 4.97. The van der Waals surface area contributed by atoms with Gasteiger partial charge in [0.05, 0.1) is 16.2 Å². The van der Waals surface area contributed by atoms with E-state index in [1.54, 1.807) is 23.5 Å². The van der Waals surface area contributed by atoms with Gasteiger partial charge in [0.2, 0.25) is 0 Å². The molecule has 2 aromatic rings. The van der Waals surface area contributed by atoms with E-state index in [-0.39, 0.29) is 11.9 Å². The summed E-state index contributed by atoms with van der Waals surface area (Å²) in [6, 6.07) is 5.28. The van der Waals surface area contributed by atoms with E-state index < -0.39 is 0 Å². The lowest BCUT2D eigenvalue weighted by Crippen LogP contribution is -2.22. The Morgan fingerprint density at radius 1 is 1.45 bits per heavy atom. The molecule has 106 valence electrons. The Morgan fingerprint density at radius 2 is 2.30 bits per heavy atom. The first-order chi connectivity index (χ1) is 9.69. The van der Waals surface area contributed by atoms with Crippen LogP contribution in [0.25, 0.3) is 0 Å². The third-order valence-corrected chi connectivity index (χ3v) is 5.41. The smallest absolute Gasteiger partial charge is 0.137 e. The summed E-state index contributed by atoms with van der Waals surface area (Å²) in [6.45, 7) is 2.89. The zero-order chi connectivity index (χ0) is 14.1. The Morgan fingerprint density at radius 3 is 3.00 bits per heavy atom. The van der Waals surface area contributed by atoms with Crippen LogP contribution < -0.4 is 5.32 Å². The minimum atomic E-state index is -0.227. The molecule has 2 nitrogen and oxygen atoms in total. The molecule has 20 heavy (non-hydrogen) atoms. The number of halogens is 2. The highest BCUT2D eigenvalue weighted by Gasteiger charge is 2.23. The fourth-order valence-corrected chi connectivity index (χ4v) is 4.08. The molecular formula is C15H16BrFN2S. The van der Waals surface area contributed by atoms with E-state index in [1.807, 2.05) is 6.07 Å². The van der Waals surface area contributed by atoms with Gasteiger partial charge >= 0.3 is 0 Å². The molecule has 0 amide bonds. The molecule has 0 saturated carbocycles. The molecule has 1 heterocycles. The monoisotopic (exact) mass is 354 g/mol. The number of hydrogen-bond acceptors (Lipinski definition) is 3. The summed E-state index contributed by atoms with van der Waals surface area (Å²) in [7, 11) is 0. The van der Waals surface area contributed by atoms with Gasteiger partial charge in [-0.1, -0.05) is 13.0 Å². The number of nitrogens with zero attached hydrogens (tertiary/aromatic N) is 1. The lowest BCUT2D eigenvalue weighted by Gasteiger charge is -2.16. The molecule has 0 saturated heterocycles. The molecule has 1 N–H and O–H groups in total. The minimum Gasteiger partial charge on any atom is -0.305 e. The SMILES string of the molecule is CCNC(c1ccc(Br)c(F)c1)c1nc2c(s1)CCC2. The number of aryl methyl sites for hydroxylation is 2. The number of thiazole rings is 1. The van der Waals surface area contributed by atoms with E-state index >= 15 is 0 Å². The van der Waals surface area contributed by atoms with E-state index in [4.69, 9.17) is 4.98 Å². The second kappa shape index (κ2) is 5.92. The highest BCUT2D eigenvalue weighted by molar-refractivity contribution is 9.10. The summed E-state index contributed by atoms with van der Waals surface area (Å²) in [5.41, 5.74) is 2.17. The van der Waals surface area contributed by atoms with Crippen molar-refractivity contribution in [3.8, 4) is 0 Å². The van der Waals surface area contributed by atoms with Gasteiger partial charge in [0, 0.05) is 4.88 Å². The second-order valence-corrected chi connectivity index (χ2v) is 6.91. The Bertz CT molecular complexity index is 605. The summed E-state index contributed by atoms with van der Waals surface area (Å²) < 4.78 is 14.3. The van der Waals surface area contributed by atoms with E-state index in [9.17, 15) is 4.39 Å². The number of hydrogen-bond donors (Lipinski definition) is 1. The number of benzene rings is 1. The van der Waals surface area contributed by atoms with Crippen LogP contribution in [0.1, 0.15) is 40.5 Å². The number of aromatic nitrogens is 1. The highest BCUT2D eigenvalue weighted by atomic mass is 79.9. The Kier molecular flexibility index (Phi) is 4.19. The lowest BCUT2D eigenvalue weighted by molar-refractivity contribution is 0.597. The van der Waals surface area contributed by atoms with E-state index in [2.05, 4.69) is 28.2 Å². The normalized spacial score (nSPS) is 15.3. The summed E-state index contributed by atoms with van der Waals surface area (Å²) in [5.74, 6) is -0.227. The van der Waals surface area contributed by atoms with Gasteiger partial charge in [-0.2, -0.15) is 0 Å². The molecule has 0 aliphatic heterocycles. The number of nitrogens with one attached hydrogen (secondary N) is 1. The van der Waals surface area contributed by atoms with Gasteiger partial charge in [0.1, 0.15) is 10.8 Å². The summed E-state index contributed by atoms with van der Waals surface area (Å²) in [4.78, 5) is 6.16. The van der Waals surface area contributed by atoms with Crippen LogP contribution in [0.5, 0.6) is 0 Å². The first-order valence-corrected chi connectivity index (χ1v) is 8.46. The topological polar surface area (TPSA) is 24.9 Å². The third kappa shape index (κ3) is 2.67. The van der Waals surface area contributed by atoms with Crippen molar-refractivity contribution in [3.05, 3.63) is 49.6 Å². The maximum atomic E-state index is 13.8. The molecular weight excluding hydrogens is 339 g/mol. The van der Waals surface area contributed by atoms with Crippen molar-refractivity contribution in [2.24, 2.45) is 0 Å². The second-order valence-electron chi connectivity index (χ2n) is 4.94. The van der Waals surface area contributed by atoms with Crippen LogP contribution >= 0.6 is 27.3 Å². The molecule has 0 fully saturated rings. The predicted octanol–water partition coefficient (Wildman–Crippen LogP) is 4.23. The summed E-state index contributed by atoms with van der Waals surface area (Å²) in [6.07, 6.45) is 3.44. The molecule has 1 unspecified atom stereocenters. The van der Waals surface area contributed by atoms with Gasteiger partial charge in [-0.3, -0.25) is 0 Å². The van der Waals surface area contributed by atoms with Crippen LogP contribution in [0.15, 0.2) is 22.7 Å². The van der Waals surface area contributed by atoms with Gasteiger partial charge in [0.25, 0.3) is 0 Å². The number of rotatable bonds is 4. The molecule has 0 spiro atoms. The van der Waals surface area contributed by atoms with Crippen LogP contribution in [0.4, 0.5) is 4.39 Å². The molecule has 0 bridgehead atoms. The molecule has 1 aliphatic carbocycles. The van der Waals surface area contributed by atoms with Crippen molar-refractivity contribution in [2.45, 2.75) is 32.2 Å². The first kappa shape index (κ1) is 14.2. The average Bonchev–Trinajstić information content (AvgIpc) is 3.00. The standard InChI is InChI=1S/C15H16BrFN2S/c1-2-18-14(9-6-7-10(16)11(17)8-9)15-19-12-4-3-5-13(12)20-15/h6-8,14,18H,2-5H2,1H3. The Labute approximate surface area is 130 Å². The highest BCUT2D eigenvalue weighted by Crippen LogP contribution is 2.34. The van der Waals surface area contributed by atoms with Gasteiger partial charge in [-0.05, 0) is 59.4 Å². The van der Waals surface area contributed by atoms with Crippen molar-refractivity contribution in [1.29, 1.82) is 0 Å². The van der Waals surface area contributed by atoms with Crippen LogP contribution in [-0.4, -0.2) is 11.5 Å². The quantitative estimate of drug-likeness (QED) is 0.888.